The minimum atomic E-state index is -0.409. The fourth-order valence-electron chi connectivity index (χ4n) is 1.23. The molecule has 0 atom stereocenters. The number of hydrogen-bond acceptors (Lipinski definition) is 4. The monoisotopic (exact) mass is 219 g/mol. The van der Waals surface area contributed by atoms with Gasteiger partial charge >= 0.3 is 5.97 Å². The number of carbonyl (C=O) groups excluding carboxylic acids is 1. The quantitative estimate of drug-likeness (QED) is 0.728. The van der Waals surface area contributed by atoms with Crippen LogP contribution in [-0.4, -0.2) is 19.2 Å². The number of esters is 1. The van der Waals surface area contributed by atoms with Crippen molar-refractivity contribution in [2.75, 3.05) is 13.2 Å². The fourth-order valence-corrected chi connectivity index (χ4v) is 1.23. The van der Waals surface area contributed by atoms with E-state index in [0.29, 0.717) is 30.1 Å². The van der Waals surface area contributed by atoms with Crippen LogP contribution in [0.5, 0.6) is 5.75 Å². The number of nitrogens with zero attached hydrogens (tertiary/aromatic N) is 1. The van der Waals surface area contributed by atoms with Crippen molar-refractivity contribution in [3.8, 4) is 11.8 Å². The Morgan fingerprint density at radius 2 is 2.12 bits per heavy atom. The van der Waals surface area contributed by atoms with Gasteiger partial charge in [0.25, 0.3) is 0 Å². The Kier molecular flexibility index (Phi) is 4.34. The zero-order valence-electron chi connectivity index (χ0n) is 9.32. The molecule has 0 radical (unpaired) electrons. The Morgan fingerprint density at radius 3 is 2.69 bits per heavy atom. The molecule has 0 N–H and O–H groups in total. The van der Waals surface area contributed by atoms with Crippen LogP contribution < -0.4 is 4.74 Å². The lowest BCUT2D eigenvalue weighted by Crippen LogP contribution is -2.05. The van der Waals surface area contributed by atoms with Gasteiger partial charge in [0.1, 0.15) is 11.8 Å². The number of benzene rings is 1. The van der Waals surface area contributed by atoms with Gasteiger partial charge in [-0.15, -0.1) is 0 Å². The molecule has 1 aromatic rings. The van der Waals surface area contributed by atoms with Crippen molar-refractivity contribution in [2.45, 2.75) is 13.8 Å². The zero-order valence-corrected chi connectivity index (χ0v) is 9.32. The molecule has 1 rings (SSSR count). The highest BCUT2D eigenvalue weighted by atomic mass is 16.5. The second-order valence-corrected chi connectivity index (χ2v) is 2.98. The SMILES string of the molecule is CCOC(=O)c1ccc(C#N)c(OCC)c1. The van der Waals surface area contributed by atoms with Crippen LogP contribution in [0.4, 0.5) is 0 Å². The molecular formula is C12H13NO3. The lowest BCUT2D eigenvalue weighted by Gasteiger charge is -2.07. The van der Waals surface area contributed by atoms with E-state index in [1.54, 1.807) is 19.1 Å². The molecule has 4 heteroatoms. The van der Waals surface area contributed by atoms with Crippen molar-refractivity contribution >= 4 is 5.97 Å². The number of nitriles is 1. The van der Waals surface area contributed by atoms with E-state index >= 15 is 0 Å². The first-order chi connectivity index (χ1) is 7.72. The molecule has 0 saturated heterocycles. The minimum Gasteiger partial charge on any atom is -0.492 e. The molecule has 0 spiro atoms. The summed E-state index contributed by atoms with van der Waals surface area (Å²) >= 11 is 0. The minimum absolute atomic E-state index is 0.322. The first kappa shape index (κ1) is 12.1. The smallest absolute Gasteiger partial charge is 0.338 e. The second-order valence-electron chi connectivity index (χ2n) is 2.98. The maximum absolute atomic E-state index is 11.4. The summed E-state index contributed by atoms with van der Waals surface area (Å²) in [4.78, 5) is 11.4. The van der Waals surface area contributed by atoms with Crippen molar-refractivity contribution in [3.63, 3.8) is 0 Å². The largest absolute Gasteiger partial charge is 0.492 e. The standard InChI is InChI=1S/C12H13NO3/c1-3-15-11-7-9(12(14)16-4-2)5-6-10(11)8-13/h5-7H,3-4H2,1-2H3. The summed E-state index contributed by atoms with van der Waals surface area (Å²) in [5, 5.41) is 8.83. The Morgan fingerprint density at radius 1 is 1.38 bits per heavy atom. The van der Waals surface area contributed by atoms with E-state index in [2.05, 4.69) is 0 Å². The van der Waals surface area contributed by atoms with Gasteiger partial charge in [0.2, 0.25) is 0 Å². The van der Waals surface area contributed by atoms with Crippen LogP contribution in [0.15, 0.2) is 18.2 Å². The van der Waals surface area contributed by atoms with Crippen LogP contribution in [-0.2, 0) is 4.74 Å². The Balaban J connectivity index is 3.02. The van der Waals surface area contributed by atoms with Crippen molar-refractivity contribution in [3.05, 3.63) is 29.3 Å². The first-order valence-electron chi connectivity index (χ1n) is 5.07. The maximum atomic E-state index is 11.4. The summed E-state index contributed by atoms with van der Waals surface area (Å²) in [5.74, 6) is 0.00324. The molecule has 4 nitrogen and oxygen atoms in total. The van der Waals surface area contributed by atoms with E-state index in [1.807, 2.05) is 13.0 Å². The normalized spacial score (nSPS) is 9.31. The molecule has 0 heterocycles. The molecule has 0 bridgehead atoms. The third kappa shape index (κ3) is 2.74. The van der Waals surface area contributed by atoms with Crippen LogP contribution >= 0.6 is 0 Å². The lowest BCUT2D eigenvalue weighted by molar-refractivity contribution is 0.0526. The summed E-state index contributed by atoms with van der Waals surface area (Å²) in [6.45, 7) is 4.33. The van der Waals surface area contributed by atoms with E-state index in [4.69, 9.17) is 14.7 Å². The third-order valence-corrected chi connectivity index (χ3v) is 1.91. The molecule has 0 unspecified atom stereocenters. The summed E-state index contributed by atoms with van der Waals surface area (Å²) < 4.78 is 10.1. The Labute approximate surface area is 94.4 Å². The molecule has 16 heavy (non-hydrogen) atoms. The summed E-state index contributed by atoms with van der Waals surface area (Å²) in [7, 11) is 0. The van der Waals surface area contributed by atoms with Gasteiger partial charge in [-0.25, -0.2) is 4.79 Å². The van der Waals surface area contributed by atoms with Gasteiger partial charge in [-0.1, -0.05) is 0 Å². The van der Waals surface area contributed by atoms with E-state index < -0.39 is 5.97 Å². The first-order valence-corrected chi connectivity index (χ1v) is 5.07. The molecule has 0 aliphatic rings. The van der Waals surface area contributed by atoms with Crippen LogP contribution in [0, 0.1) is 11.3 Å². The zero-order chi connectivity index (χ0) is 12.0. The molecule has 0 saturated carbocycles. The van der Waals surface area contributed by atoms with E-state index in [1.165, 1.54) is 6.07 Å². The highest BCUT2D eigenvalue weighted by Gasteiger charge is 2.10. The summed E-state index contributed by atoms with van der Waals surface area (Å²) in [5.41, 5.74) is 0.805. The van der Waals surface area contributed by atoms with Gasteiger partial charge in [0.15, 0.2) is 0 Å². The van der Waals surface area contributed by atoms with Gasteiger partial charge in [-0.2, -0.15) is 5.26 Å². The number of ether oxygens (including phenoxy) is 2. The van der Waals surface area contributed by atoms with Crippen molar-refractivity contribution in [1.82, 2.24) is 0 Å². The predicted octanol–water partition coefficient (Wildman–Crippen LogP) is 2.13. The molecule has 0 fully saturated rings. The topological polar surface area (TPSA) is 59.3 Å². The third-order valence-electron chi connectivity index (χ3n) is 1.91. The molecular weight excluding hydrogens is 206 g/mol. The van der Waals surface area contributed by atoms with E-state index in [9.17, 15) is 4.79 Å². The van der Waals surface area contributed by atoms with Gasteiger partial charge < -0.3 is 9.47 Å². The van der Waals surface area contributed by atoms with Crippen LogP contribution in [0.2, 0.25) is 0 Å². The second kappa shape index (κ2) is 5.76. The average molecular weight is 219 g/mol. The highest BCUT2D eigenvalue weighted by molar-refractivity contribution is 5.90. The average Bonchev–Trinajstić information content (AvgIpc) is 2.29. The lowest BCUT2D eigenvalue weighted by atomic mass is 10.1. The van der Waals surface area contributed by atoms with Crippen molar-refractivity contribution in [1.29, 1.82) is 5.26 Å². The number of rotatable bonds is 4. The highest BCUT2D eigenvalue weighted by Crippen LogP contribution is 2.20. The van der Waals surface area contributed by atoms with E-state index in [-0.39, 0.29) is 0 Å². The molecule has 84 valence electrons. The Bertz CT molecular complexity index is 421. The van der Waals surface area contributed by atoms with Gasteiger partial charge in [0.05, 0.1) is 24.3 Å². The Hall–Kier alpha value is -2.02. The number of hydrogen-bond donors (Lipinski definition) is 0. The summed E-state index contributed by atoms with van der Waals surface area (Å²) in [6, 6.07) is 6.64. The molecule has 0 aliphatic carbocycles. The van der Waals surface area contributed by atoms with E-state index in [0.717, 1.165) is 0 Å². The van der Waals surface area contributed by atoms with Crippen LogP contribution in [0.1, 0.15) is 29.8 Å². The molecule has 0 amide bonds. The number of carbonyl (C=O) groups is 1. The van der Waals surface area contributed by atoms with Crippen LogP contribution in [0.3, 0.4) is 0 Å². The molecule has 0 aromatic heterocycles. The maximum Gasteiger partial charge on any atom is 0.338 e. The van der Waals surface area contributed by atoms with Crippen molar-refractivity contribution < 1.29 is 14.3 Å². The predicted molar refractivity (Wildman–Crippen MR) is 58.3 cm³/mol. The van der Waals surface area contributed by atoms with Gasteiger partial charge in [0, 0.05) is 0 Å². The fraction of sp³-hybridized carbons (Fsp3) is 0.333. The van der Waals surface area contributed by atoms with Crippen molar-refractivity contribution in [2.24, 2.45) is 0 Å². The van der Waals surface area contributed by atoms with Gasteiger partial charge in [-0.3, -0.25) is 0 Å². The molecule has 1 aromatic carbocycles. The summed E-state index contributed by atoms with van der Waals surface area (Å²) in [6.07, 6.45) is 0. The molecule has 0 aliphatic heterocycles. The van der Waals surface area contributed by atoms with Crippen LogP contribution in [0.25, 0.3) is 0 Å². The van der Waals surface area contributed by atoms with Gasteiger partial charge in [-0.05, 0) is 32.0 Å².